The summed E-state index contributed by atoms with van der Waals surface area (Å²) in [5.74, 6) is -1.42. The molecule has 1 aromatic rings. The van der Waals surface area contributed by atoms with Gasteiger partial charge in [-0.3, -0.25) is 4.79 Å². The largest absolute Gasteiger partial charge is 0.480 e. The van der Waals surface area contributed by atoms with Crippen LogP contribution in [0.4, 0.5) is 0 Å². The fourth-order valence-electron chi connectivity index (χ4n) is 1.46. The van der Waals surface area contributed by atoms with E-state index in [9.17, 15) is 18.3 Å². The number of aliphatic hydroxyl groups is 1. The van der Waals surface area contributed by atoms with E-state index in [0.29, 0.717) is 4.88 Å². The number of hydrogen-bond acceptors (Lipinski definition) is 5. The second-order valence-electron chi connectivity index (χ2n) is 3.96. The van der Waals surface area contributed by atoms with E-state index in [2.05, 4.69) is 0 Å². The van der Waals surface area contributed by atoms with Crippen LogP contribution in [-0.2, 0) is 14.8 Å². The number of carbonyl (C=O) groups is 1. The predicted octanol–water partition coefficient (Wildman–Crippen LogP) is 0.477. The van der Waals surface area contributed by atoms with Crippen molar-refractivity contribution in [1.82, 2.24) is 4.72 Å². The summed E-state index contributed by atoms with van der Waals surface area (Å²) in [6, 6.07) is -0.0851. The van der Waals surface area contributed by atoms with Crippen LogP contribution in [0.25, 0.3) is 0 Å². The smallest absolute Gasteiger partial charge is 0.324 e. The molecule has 8 heteroatoms. The van der Waals surface area contributed by atoms with Gasteiger partial charge in [0.1, 0.15) is 6.04 Å². The van der Waals surface area contributed by atoms with Gasteiger partial charge in [-0.2, -0.15) is 4.72 Å². The topological polar surface area (TPSA) is 104 Å². The minimum Gasteiger partial charge on any atom is -0.480 e. The van der Waals surface area contributed by atoms with Crippen LogP contribution < -0.4 is 4.72 Å². The van der Waals surface area contributed by atoms with Crippen molar-refractivity contribution in [3.05, 3.63) is 15.8 Å². The molecule has 0 aliphatic rings. The lowest BCUT2D eigenvalue weighted by Crippen LogP contribution is -2.47. The molecule has 2 atom stereocenters. The number of aliphatic carboxylic acids is 1. The van der Waals surface area contributed by atoms with E-state index in [1.165, 1.54) is 24.3 Å². The highest BCUT2D eigenvalue weighted by Gasteiger charge is 2.30. The van der Waals surface area contributed by atoms with Gasteiger partial charge in [0, 0.05) is 9.75 Å². The fourth-order valence-corrected chi connectivity index (χ4v) is 4.28. The molecule has 2 unspecified atom stereocenters. The molecule has 0 aliphatic heterocycles. The van der Waals surface area contributed by atoms with Gasteiger partial charge in [-0.05, 0) is 26.8 Å². The number of thiophene rings is 1. The molecular formula is C10H15NO5S2. The zero-order valence-corrected chi connectivity index (χ0v) is 11.8. The van der Waals surface area contributed by atoms with E-state index in [4.69, 9.17) is 5.11 Å². The summed E-state index contributed by atoms with van der Waals surface area (Å²) >= 11 is 1.31. The summed E-state index contributed by atoms with van der Waals surface area (Å²) in [6.07, 6.45) is -1.32. The van der Waals surface area contributed by atoms with Crippen molar-refractivity contribution in [2.75, 3.05) is 0 Å². The van der Waals surface area contributed by atoms with E-state index < -0.39 is 28.1 Å². The molecule has 18 heavy (non-hydrogen) atoms. The lowest BCUT2D eigenvalue weighted by molar-refractivity contribution is -0.141. The van der Waals surface area contributed by atoms with Gasteiger partial charge in [0.2, 0.25) is 10.0 Å². The molecule has 0 fully saturated rings. The van der Waals surface area contributed by atoms with E-state index in [0.717, 1.165) is 4.88 Å². The number of rotatable bonds is 5. The van der Waals surface area contributed by atoms with Gasteiger partial charge in [0.15, 0.2) is 0 Å². The summed E-state index contributed by atoms with van der Waals surface area (Å²) < 4.78 is 26.0. The summed E-state index contributed by atoms with van der Waals surface area (Å²) in [5.41, 5.74) is 0. The average Bonchev–Trinajstić information content (AvgIpc) is 2.54. The number of nitrogens with one attached hydrogen (secondary N) is 1. The van der Waals surface area contributed by atoms with Crippen LogP contribution in [0.3, 0.4) is 0 Å². The lowest BCUT2D eigenvalue weighted by atomic mass is 10.2. The standard InChI is InChI=1S/C10H15NO5S2/c1-5-4-8(7(3)17-5)18(15,16)11-9(6(2)12)10(13)14/h4,6,9,11-12H,1-3H3,(H,13,14). The Morgan fingerprint density at radius 1 is 1.44 bits per heavy atom. The van der Waals surface area contributed by atoms with Crippen LogP contribution in [0.2, 0.25) is 0 Å². The second kappa shape index (κ2) is 5.35. The maximum absolute atomic E-state index is 12.0. The Morgan fingerprint density at radius 2 is 2.00 bits per heavy atom. The average molecular weight is 293 g/mol. The minimum atomic E-state index is -3.94. The quantitative estimate of drug-likeness (QED) is 0.732. The van der Waals surface area contributed by atoms with Crippen molar-refractivity contribution < 1.29 is 23.4 Å². The Morgan fingerprint density at radius 3 is 2.33 bits per heavy atom. The molecule has 0 aliphatic carbocycles. The number of carboxylic acid groups (broad SMARTS) is 1. The first-order chi connectivity index (χ1) is 8.15. The zero-order valence-electron chi connectivity index (χ0n) is 10.2. The Balaban J connectivity index is 3.08. The van der Waals surface area contributed by atoms with Crippen LogP contribution in [0.1, 0.15) is 16.7 Å². The number of aliphatic hydroxyl groups excluding tert-OH is 1. The van der Waals surface area contributed by atoms with Crippen LogP contribution in [-0.4, -0.2) is 36.7 Å². The third-order valence-electron chi connectivity index (χ3n) is 2.32. The van der Waals surface area contributed by atoms with Crippen LogP contribution in [0.15, 0.2) is 11.0 Å². The lowest BCUT2D eigenvalue weighted by Gasteiger charge is -2.16. The van der Waals surface area contributed by atoms with Gasteiger partial charge in [-0.15, -0.1) is 11.3 Å². The molecule has 0 saturated heterocycles. The number of aryl methyl sites for hydroxylation is 2. The molecule has 0 radical (unpaired) electrons. The van der Waals surface area contributed by atoms with Crippen molar-refractivity contribution in [3.63, 3.8) is 0 Å². The maximum Gasteiger partial charge on any atom is 0.324 e. The molecule has 0 aromatic carbocycles. The fraction of sp³-hybridized carbons (Fsp3) is 0.500. The van der Waals surface area contributed by atoms with Gasteiger partial charge in [0.25, 0.3) is 0 Å². The van der Waals surface area contributed by atoms with Crippen molar-refractivity contribution >= 4 is 27.3 Å². The first kappa shape index (κ1) is 15.1. The van der Waals surface area contributed by atoms with Crippen molar-refractivity contribution in [1.29, 1.82) is 0 Å². The van der Waals surface area contributed by atoms with E-state index in [1.807, 2.05) is 4.72 Å². The van der Waals surface area contributed by atoms with Gasteiger partial charge in [0.05, 0.1) is 11.0 Å². The first-order valence-electron chi connectivity index (χ1n) is 5.15. The Labute approximate surface area is 109 Å². The Hall–Kier alpha value is -0.960. The molecular weight excluding hydrogens is 278 g/mol. The number of hydrogen-bond donors (Lipinski definition) is 3. The summed E-state index contributed by atoms with van der Waals surface area (Å²) in [7, 11) is -3.94. The van der Waals surface area contributed by atoms with Gasteiger partial charge in [-0.25, -0.2) is 8.42 Å². The molecule has 0 amide bonds. The first-order valence-corrected chi connectivity index (χ1v) is 7.45. The summed E-state index contributed by atoms with van der Waals surface area (Å²) in [5, 5.41) is 18.1. The molecule has 6 nitrogen and oxygen atoms in total. The monoisotopic (exact) mass is 293 g/mol. The highest BCUT2D eigenvalue weighted by Crippen LogP contribution is 2.25. The molecule has 0 bridgehead atoms. The minimum absolute atomic E-state index is 0.0527. The Bertz CT molecular complexity index is 547. The van der Waals surface area contributed by atoms with Crippen LogP contribution in [0, 0.1) is 13.8 Å². The van der Waals surface area contributed by atoms with E-state index >= 15 is 0 Å². The Kier molecular flexibility index (Phi) is 4.49. The van der Waals surface area contributed by atoms with Gasteiger partial charge < -0.3 is 10.2 Å². The molecule has 1 aromatic heterocycles. The van der Waals surface area contributed by atoms with Crippen LogP contribution in [0.5, 0.6) is 0 Å². The molecule has 0 spiro atoms. The van der Waals surface area contributed by atoms with Crippen molar-refractivity contribution in [3.8, 4) is 0 Å². The predicted molar refractivity (Wildman–Crippen MR) is 67.2 cm³/mol. The van der Waals surface area contributed by atoms with Crippen LogP contribution >= 0.6 is 11.3 Å². The van der Waals surface area contributed by atoms with Crippen molar-refractivity contribution in [2.45, 2.75) is 37.8 Å². The number of carboxylic acids is 1. The van der Waals surface area contributed by atoms with E-state index in [-0.39, 0.29) is 4.90 Å². The normalized spacial score (nSPS) is 15.3. The SMILES string of the molecule is Cc1cc(S(=O)(=O)NC(C(=O)O)C(C)O)c(C)s1. The molecule has 102 valence electrons. The zero-order chi connectivity index (χ0) is 14.1. The highest BCUT2D eigenvalue weighted by molar-refractivity contribution is 7.89. The van der Waals surface area contributed by atoms with Crippen molar-refractivity contribution in [2.24, 2.45) is 0 Å². The molecule has 1 heterocycles. The third-order valence-corrected chi connectivity index (χ3v) is 4.98. The molecule has 1 rings (SSSR count). The third kappa shape index (κ3) is 3.29. The highest BCUT2D eigenvalue weighted by atomic mass is 32.2. The summed E-state index contributed by atoms with van der Waals surface area (Å²) in [6.45, 7) is 4.62. The molecule has 0 saturated carbocycles. The maximum atomic E-state index is 12.0. The molecule has 3 N–H and O–H groups in total. The van der Waals surface area contributed by atoms with Gasteiger partial charge in [-0.1, -0.05) is 0 Å². The second-order valence-corrected chi connectivity index (χ2v) is 7.10. The number of sulfonamides is 1. The van der Waals surface area contributed by atoms with Gasteiger partial charge >= 0.3 is 5.97 Å². The summed E-state index contributed by atoms with van der Waals surface area (Å²) in [4.78, 5) is 12.3. The van der Waals surface area contributed by atoms with E-state index in [1.54, 1.807) is 13.8 Å².